The van der Waals surface area contributed by atoms with Gasteiger partial charge in [0.2, 0.25) is 5.91 Å². The summed E-state index contributed by atoms with van der Waals surface area (Å²) in [5.41, 5.74) is 1.85. The molecule has 2 aromatic carbocycles. The van der Waals surface area contributed by atoms with E-state index in [9.17, 15) is 13.2 Å². The highest BCUT2D eigenvalue weighted by Gasteiger charge is 2.12. The highest BCUT2D eigenvalue weighted by atomic mass is 32.2. The molecule has 0 fully saturated rings. The fourth-order valence-corrected chi connectivity index (χ4v) is 3.19. The number of carbonyl (C=O) groups is 1. The molecule has 0 radical (unpaired) electrons. The van der Waals surface area contributed by atoms with Crippen LogP contribution >= 0.6 is 0 Å². The summed E-state index contributed by atoms with van der Waals surface area (Å²) in [6.07, 6.45) is 2.12. The molecule has 0 heterocycles. The van der Waals surface area contributed by atoms with Crippen LogP contribution in [0.15, 0.2) is 53.4 Å². The van der Waals surface area contributed by atoms with Gasteiger partial charge in [0.25, 0.3) is 0 Å². The molecule has 0 unspecified atom stereocenters. The van der Waals surface area contributed by atoms with Gasteiger partial charge < -0.3 is 10.1 Å². The predicted octanol–water partition coefficient (Wildman–Crippen LogP) is 2.91. The van der Waals surface area contributed by atoms with Crippen LogP contribution in [0.4, 0.5) is 0 Å². The van der Waals surface area contributed by atoms with Gasteiger partial charge in [-0.2, -0.15) is 0 Å². The lowest BCUT2D eigenvalue weighted by Crippen LogP contribution is -2.26. The third-order valence-electron chi connectivity index (χ3n) is 4.00. The number of hydrogen-bond donors (Lipinski definition) is 1. The second kappa shape index (κ2) is 8.16. The van der Waals surface area contributed by atoms with E-state index in [4.69, 9.17) is 4.74 Å². The number of para-hydroxylation sites is 1. The van der Waals surface area contributed by atoms with Crippen molar-refractivity contribution in [2.75, 3.05) is 13.4 Å². The summed E-state index contributed by atoms with van der Waals surface area (Å²) in [6.45, 7) is 1.87. The Labute approximate surface area is 148 Å². The highest BCUT2D eigenvalue weighted by Crippen LogP contribution is 2.20. The molecule has 0 bridgehead atoms. The van der Waals surface area contributed by atoms with E-state index in [1.165, 1.54) is 6.26 Å². The number of aryl methyl sites for hydroxylation is 1. The van der Waals surface area contributed by atoms with Gasteiger partial charge >= 0.3 is 0 Å². The van der Waals surface area contributed by atoms with Crippen molar-refractivity contribution >= 4 is 15.7 Å². The van der Waals surface area contributed by atoms with E-state index in [0.29, 0.717) is 12.8 Å². The molecule has 0 saturated carbocycles. The van der Waals surface area contributed by atoms with Gasteiger partial charge in [-0.05, 0) is 42.7 Å². The summed E-state index contributed by atoms with van der Waals surface area (Å²) in [5, 5.41) is 2.93. The first-order valence-corrected chi connectivity index (χ1v) is 9.91. The fourth-order valence-electron chi connectivity index (χ4n) is 2.56. The molecular weight excluding hydrogens is 338 g/mol. The number of ether oxygens (including phenoxy) is 1. The molecule has 134 valence electrons. The summed E-state index contributed by atoms with van der Waals surface area (Å²) in [6, 6.07) is 14.0. The number of methoxy groups -OCH3 is 1. The van der Waals surface area contributed by atoms with E-state index < -0.39 is 9.84 Å². The molecule has 0 aliphatic carbocycles. The molecule has 1 amide bonds. The number of benzene rings is 2. The maximum Gasteiger partial charge on any atom is 0.220 e. The molecule has 1 atom stereocenters. The Morgan fingerprint density at radius 1 is 1.12 bits per heavy atom. The van der Waals surface area contributed by atoms with Crippen molar-refractivity contribution in [2.45, 2.75) is 30.7 Å². The van der Waals surface area contributed by atoms with Crippen molar-refractivity contribution in [1.82, 2.24) is 5.32 Å². The van der Waals surface area contributed by atoms with E-state index in [2.05, 4.69) is 5.32 Å². The van der Waals surface area contributed by atoms with Gasteiger partial charge in [0.15, 0.2) is 9.84 Å². The molecule has 0 spiro atoms. The van der Waals surface area contributed by atoms with Crippen LogP contribution in [0.3, 0.4) is 0 Å². The highest BCUT2D eigenvalue weighted by molar-refractivity contribution is 7.90. The monoisotopic (exact) mass is 361 g/mol. The molecular formula is C19H23NO4S. The molecule has 0 aliphatic heterocycles. The van der Waals surface area contributed by atoms with Crippen LogP contribution in [-0.2, 0) is 21.1 Å². The Balaban J connectivity index is 1.93. The summed E-state index contributed by atoms with van der Waals surface area (Å²) in [7, 11) is -1.60. The second-order valence-electron chi connectivity index (χ2n) is 5.94. The molecule has 0 aliphatic rings. The summed E-state index contributed by atoms with van der Waals surface area (Å²) in [4.78, 5) is 12.4. The number of carbonyl (C=O) groups excluding carboxylic acids is 1. The number of amides is 1. The third-order valence-corrected chi connectivity index (χ3v) is 5.13. The SMILES string of the molecule is COc1ccccc1CCC(=O)N[C@@H](C)c1ccc(S(C)(=O)=O)cc1. The van der Waals surface area contributed by atoms with E-state index in [1.54, 1.807) is 31.4 Å². The maximum absolute atomic E-state index is 12.2. The van der Waals surface area contributed by atoms with Crippen LogP contribution in [-0.4, -0.2) is 27.7 Å². The minimum absolute atomic E-state index is 0.0643. The van der Waals surface area contributed by atoms with Crippen molar-refractivity contribution in [3.63, 3.8) is 0 Å². The first-order chi connectivity index (χ1) is 11.8. The molecule has 1 N–H and O–H groups in total. The molecule has 0 saturated heterocycles. The second-order valence-corrected chi connectivity index (χ2v) is 7.96. The van der Waals surface area contributed by atoms with E-state index in [1.807, 2.05) is 31.2 Å². The first kappa shape index (κ1) is 19.0. The van der Waals surface area contributed by atoms with Crippen molar-refractivity contribution in [1.29, 1.82) is 0 Å². The Hall–Kier alpha value is -2.34. The average molecular weight is 361 g/mol. The lowest BCUT2D eigenvalue weighted by molar-refractivity contribution is -0.121. The van der Waals surface area contributed by atoms with Crippen molar-refractivity contribution in [3.05, 3.63) is 59.7 Å². The fraction of sp³-hybridized carbons (Fsp3) is 0.316. The largest absolute Gasteiger partial charge is 0.496 e. The minimum atomic E-state index is -3.21. The molecule has 2 aromatic rings. The predicted molar refractivity (Wildman–Crippen MR) is 97.4 cm³/mol. The summed E-state index contributed by atoms with van der Waals surface area (Å²) in [5.74, 6) is 0.713. The van der Waals surface area contributed by atoms with Crippen LogP contribution < -0.4 is 10.1 Å². The Morgan fingerprint density at radius 2 is 1.76 bits per heavy atom. The summed E-state index contributed by atoms with van der Waals surface area (Å²) >= 11 is 0. The number of hydrogen-bond acceptors (Lipinski definition) is 4. The molecule has 5 nitrogen and oxygen atoms in total. The zero-order chi connectivity index (χ0) is 18.4. The van der Waals surface area contributed by atoms with Crippen LogP contribution in [0.25, 0.3) is 0 Å². The number of sulfone groups is 1. The molecule has 6 heteroatoms. The van der Waals surface area contributed by atoms with E-state index in [0.717, 1.165) is 16.9 Å². The van der Waals surface area contributed by atoms with Gasteiger partial charge in [0, 0.05) is 12.7 Å². The normalized spacial score (nSPS) is 12.4. The summed E-state index contributed by atoms with van der Waals surface area (Å²) < 4.78 is 28.3. The zero-order valence-electron chi connectivity index (χ0n) is 14.7. The third kappa shape index (κ3) is 5.32. The lowest BCUT2D eigenvalue weighted by Gasteiger charge is -2.15. The van der Waals surface area contributed by atoms with E-state index >= 15 is 0 Å². The van der Waals surface area contributed by atoms with Gasteiger partial charge in [-0.25, -0.2) is 8.42 Å². The first-order valence-electron chi connectivity index (χ1n) is 8.02. The smallest absolute Gasteiger partial charge is 0.220 e. The van der Waals surface area contributed by atoms with Crippen LogP contribution in [0.1, 0.15) is 30.5 Å². The van der Waals surface area contributed by atoms with Gasteiger partial charge in [0.1, 0.15) is 5.75 Å². The molecule has 0 aromatic heterocycles. The maximum atomic E-state index is 12.2. The Kier molecular flexibility index (Phi) is 6.20. The molecule has 2 rings (SSSR count). The van der Waals surface area contributed by atoms with Crippen LogP contribution in [0, 0.1) is 0 Å². The quantitative estimate of drug-likeness (QED) is 0.823. The van der Waals surface area contributed by atoms with Gasteiger partial charge in [-0.3, -0.25) is 4.79 Å². The van der Waals surface area contributed by atoms with Crippen molar-refractivity contribution in [2.24, 2.45) is 0 Å². The van der Waals surface area contributed by atoms with Crippen molar-refractivity contribution < 1.29 is 17.9 Å². The van der Waals surface area contributed by atoms with Gasteiger partial charge in [-0.15, -0.1) is 0 Å². The minimum Gasteiger partial charge on any atom is -0.496 e. The topological polar surface area (TPSA) is 72.5 Å². The number of nitrogens with one attached hydrogen (secondary N) is 1. The Bertz CT molecular complexity index is 829. The van der Waals surface area contributed by atoms with Crippen LogP contribution in [0.5, 0.6) is 5.75 Å². The Morgan fingerprint density at radius 3 is 2.36 bits per heavy atom. The lowest BCUT2D eigenvalue weighted by atomic mass is 10.1. The van der Waals surface area contributed by atoms with Crippen LogP contribution in [0.2, 0.25) is 0 Å². The van der Waals surface area contributed by atoms with Gasteiger partial charge in [0.05, 0.1) is 18.0 Å². The van der Waals surface area contributed by atoms with E-state index in [-0.39, 0.29) is 16.8 Å². The van der Waals surface area contributed by atoms with Crippen molar-refractivity contribution in [3.8, 4) is 5.75 Å². The zero-order valence-corrected chi connectivity index (χ0v) is 15.5. The average Bonchev–Trinajstić information content (AvgIpc) is 2.59. The van der Waals surface area contributed by atoms with Gasteiger partial charge in [-0.1, -0.05) is 30.3 Å². The number of rotatable bonds is 7. The molecule has 25 heavy (non-hydrogen) atoms. The standard InChI is InChI=1S/C19H23NO4S/c1-14(15-8-11-17(12-9-15)25(3,22)23)20-19(21)13-10-16-6-4-5-7-18(16)24-2/h4-9,11-12,14H,10,13H2,1-3H3,(H,20,21)/t14-/m0/s1.